The van der Waals surface area contributed by atoms with E-state index in [0.717, 1.165) is 55.6 Å². The van der Waals surface area contributed by atoms with Gasteiger partial charge in [-0.25, -0.2) is 0 Å². The van der Waals surface area contributed by atoms with E-state index in [0.29, 0.717) is 0 Å². The Balaban J connectivity index is 1.43. The summed E-state index contributed by atoms with van der Waals surface area (Å²) in [6.45, 7) is 0. The van der Waals surface area contributed by atoms with E-state index in [2.05, 4.69) is 167 Å². The Morgan fingerprint density at radius 3 is 2.00 bits per heavy atom. The summed E-state index contributed by atoms with van der Waals surface area (Å²) in [5.41, 5.74) is 8.54. The van der Waals surface area contributed by atoms with Gasteiger partial charge in [-0.3, -0.25) is 0 Å². The lowest BCUT2D eigenvalue weighted by atomic mass is 10.0. The molecule has 0 fully saturated rings. The first-order valence-corrected chi connectivity index (χ1v) is 14.6. The van der Waals surface area contributed by atoms with E-state index in [4.69, 9.17) is 4.42 Å². The van der Waals surface area contributed by atoms with Gasteiger partial charge in [0.15, 0.2) is 0 Å². The maximum atomic E-state index is 6.62. The van der Waals surface area contributed by atoms with Gasteiger partial charge in [-0.1, -0.05) is 103 Å². The number of nitrogens with zero attached hydrogens (tertiary/aromatic N) is 2. The molecule has 2 aromatic heterocycles. The van der Waals surface area contributed by atoms with Crippen LogP contribution in [0.2, 0.25) is 0 Å². The molecule has 0 saturated heterocycles. The molecule has 202 valence electrons. The van der Waals surface area contributed by atoms with Gasteiger partial charge >= 0.3 is 0 Å². The highest BCUT2D eigenvalue weighted by molar-refractivity contribution is 6.21. The fraction of sp³-hybridized carbons (Fsp3) is 0. The molecule has 43 heavy (non-hydrogen) atoms. The number of hydrogen-bond acceptors (Lipinski definition) is 2. The molecule has 0 N–H and O–H groups in total. The minimum atomic E-state index is 0.876. The smallest absolute Gasteiger partial charge is 0.143 e. The van der Waals surface area contributed by atoms with Crippen molar-refractivity contribution in [3.8, 4) is 5.69 Å². The van der Waals surface area contributed by atoms with Crippen molar-refractivity contribution in [2.75, 3.05) is 4.90 Å². The fourth-order valence-electron chi connectivity index (χ4n) is 6.73. The minimum absolute atomic E-state index is 0.876. The Bertz CT molecular complexity index is 2450. The molecular formula is C40H26N2O. The number of fused-ring (bicyclic) bond motifs is 8. The fourth-order valence-corrected chi connectivity index (χ4v) is 6.73. The molecule has 0 spiro atoms. The molecule has 3 nitrogen and oxygen atoms in total. The lowest BCUT2D eigenvalue weighted by Crippen LogP contribution is -2.12. The Kier molecular flexibility index (Phi) is 5.20. The Morgan fingerprint density at radius 1 is 0.465 bits per heavy atom. The average molecular weight is 551 g/mol. The molecule has 0 saturated carbocycles. The first-order chi connectivity index (χ1) is 21.4. The van der Waals surface area contributed by atoms with Gasteiger partial charge in [-0.2, -0.15) is 0 Å². The zero-order valence-electron chi connectivity index (χ0n) is 23.3. The molecule has 2 heterocycles. The highest BCUT2D eigenvalue weighted by Gasteiger charge is 2.24. The van der Waals surface area contributed by atoms with Crippen molar-refractivity contribution in [3.05, 3.63) is 158 Å². The molecular weight excluding hydrogens is 524 g/mol. The zero-order valence-corrected chi connectivity index (χ0v) is 23.3. The predicted octanol–water partition coefficient (Wildman–Crippen LogP) is 11.3. The number of furan rings is 1. The van der Waals surface area contributed by atoms with Crippen LogP contribution in [0.5, 0.6) is 0 Å². The van der Waals surface area contributed by atoms with Crippen LogP contribution in [0.15, 0.2) is 162 Å². The molecule has 3 heteroatoms. The minimum Gasteiger partial charge on any atom is -0.455 e. The molecule has 0 amide bonds. The second kappa shape index (κ2) is 9.37. The third kappa shape index (κ3) is 3.55. The van der Waals surface area contributed by atoms with Crippen LogP contribution in [-0.2, 0) is 0 Å². The van der Waals surface area contributed by atoms with Gasteiger partial charge in [0.05, 0.1) is 27.8 Å². The van der Waals surface area contributed by atoms with Crippen LogP contribution in [0.1, 0.15) is 0 Å². The predicted molar refractivity (Wildman–Crippen MR) is 180 cm³/mol. The first-order valence-electron chi connectivity index (χ1n) is 14.6. The molecule has 0 atom stereocenters. The molecule has 0 aliphatic rings. The lowest BCUT2D eigenvalue weighted by molar-refractivity contribution is 0.672. The number of aromatic nitrogens is 1. The maximum Gasteiger partial charge on any atom is 0.143 e. The summed E-state index contributed by atoms with van der Waals surface area (Å²) in [6.07, 6.45) is 0. The number of anilines is 3. The first kappa shape index (κ1) is 23.9. The van der Waals surface area contributed by atoms with Crippen LogP contribution < -0.4 is 4.90 Å². The quantitative estimate of drug-likeness (QED) is 0.217. The van der Waals surface area contributed by atoms with Gasteiger partial charge in [0.25, 0.3) is 0 Å². The van der Waals surface area contributed by atoms with E-state index in [9.17, 15) is 0 Å². The van der Waals surface area contributed by atoms with E-state index in [1.54, 1.807) is 0 Å². The Hall–Kier alpha value is -5.80. The van der Waals surface area contributed by atoms with Gasteiger partial charge in [0.2, 0.25) is 0 Å². The molecule has 0 aliphatic carbocycles. The van der Waals surface area contributed by atoms with Crippen molar-refractivity contribution >= 4 is 71.6 Å². The van der Waals surface area contributed by atoms with E-state index < -0.39 is 0 Å². The van der Waals surface area contributed by atoms with Crippen LogP contribution in [0.4, 0.5) is 17.1 Å². The second-order valence-corrected chi connectivity index (χ2v) is 10.9. The number of rotatable bonds is 4. The number of benzene rings is 7. The van der Waals surface area contributed by atoms with Crippen LogP contribution in [0, 0.1) is 0 Å². The highest BCUT2D eigenvalue weighted by atomic mass is 16.3. The van der Waals surface area contributed by atoms with Crippen molar-refractivity contribution in [3.63, 3.8) is 0 Å². The molecule has 0 radical (unpaired) electrons. The summed E-state index contributed by atoms with van der Waals surface area (Å²) in [4.78, 5) is 2.40. The van der Waals surface area contributed by atoms with E-state index >= 15 is 0 Å². The Morgan fingerprint density at radius 2 is 1.14 bits per heavy atom. The van der Waals surface area contributed by atoms with Crippen molar-refractivity contribution < 1.29 is 4.42 Å². The lowest BCUT2D eigenvalue weighted by Gasteiger charge is -2.27. The highest BCUT2D eigenvalue weighted by Crippen LogP contribution is 2.47. The summed E-state index contributed by atoms with van der Waals surface area (Å²) in [5.74, 6) is 0. The summed E-state index contributed by atoms with van der Waals surface area (Å²) in [7, 11) is 0. The SMILES string of the molecule is c1ccc(N(c2cccc3oc4c5ccccc5ccc4c23)c2cccc3c4ccccc4n(-c4ccccc4)c23)cc1. The number of para-hydroxylation sites is 4. The largest absolute Gasteiger partial charge is 0.455 e. The van der Waals surface area contributed by atoms with Crippen LogP contribution in [0.25, 0.3) is 60.2 Å². The van der Waals surface area contributed by atoms with Gasteiger partial charge < -0.3 is 13.9 Å². The normalized spacial score (nSPS) is 11.7. The summed E-state index contributed by atoms with van der Waals surface area (Å²) in [5, 5.41) is 6.96. The molecule has 0 bridgehead atoms. The van der Waals surface area contributed by atoms with Gasteiger partial charge in [0.1, 0.15) is 11.2 Å². The van der Waals surface area contributed by atoms with Crippen molar-refractivity contribution in [2.45, 2.75) is 0 Å². The van der Waals surface area contributed by atoms with Crippen molar-refractivity contribution in [1.82, 2.24) is 4.57 Å². The molecule has 9 aromatic rings. The number of hydrogen-bond donors (Lipinski definition) is 0. The van der Waals surface area contributed by atoms with Gasteiger partial charge in [0, 0.05) is 32.9 Å². The second-order valence-electron chi connectivity index (χ2n) is 10.9. The Labute approximate surface area is 248 Å². The summed E-state index contributed by atoms with van der Waals surface area (Å²) >= 11 is 0. The van der Waals surface area contributed by atoms with E-state index in [1.807, 2.05) is 0 Å². The summed E-state index contributed by atoms with van der Waals surface area (Å²) < 4.78 is 9.02. The van der Waals surface area contributed by atoms with Crippen LogP contribution in [-0.4, -0.2) is 4.57 Å². The third-order valence-corrected chi connectivity index (χ3v) is 8.55. The molecule has 0 unspecified atom stereocenters. The van der Waals surface area contributed by atoms with Crippen molar-refractivity contribution in [2.24, 2.45) is 0 Å². The third-order valence-electron chi connectivity index (χ3n) is 8.55. The molecule has 9 rings (SSSR count). The van der Waals surface area contributed by atoms with E-state index in [-0.39, 0.29) is 0 Å². The summed E-state index contributed by atoms with van der Waals surface area (Å²) in [6, 6.07) is 55.9. The van der Waals surface area contributed by atoms with Crippen LogP contribution in [0.3, 0.4) is 0 Å². The maximum absolute atomic E-state index is 6.62. The monoisotopic (exact) mass is 550 g/mol. The van der Waals surface area contributed by atoms with Crippen LogP contribution >= 0.6 is 0 Å². The zero-order chi connectivity index (χ0) is 28.3. The average Bonchev–Trinajstić information content (AvgIpc) is 3.63. The van der Waals surface area contributed by atoms with Gasteiger partial charge in [-0.05, 0) is 60.0 Å². The van der Waals surface area contributed by atoms with Gasteiger partial charge in [-0.15, -0.1) is 0 Å². The standard InChI is InChI=1S/C40H26N2O/c1-3-14-28(15-4-1)41(35-22-12-24-37-38(35)33-26-25-27-13-7-8-18-30(27)40(33)43-37)36-23-11-20-32-31-19-9-10-21-34(31)42(39(32)36)29-16-5-2-6-17-29/h1-26H. The molecule has 7 aromatic carbocycles. The van der Waals surface area contributed by atoms with Crippen molar-refractivity contribution in [1.29, 1.82) is 0 Å². The van der Waals surface area contributed by atoms with E-state index in [1.165, 1.54) is 21.7 Å². The topological polar surface area (TPSA) is 21.3 Å². The molecule has 0 aliphatic heterocycles.